The molecule has 11 heteroatoms. The maximum atomic E-state index is 13.7. The highest BCUT2D eigenvalue weighted by molar-refractivity contribution is 5.86. The third-order valence-electron chi connectivity index (χ3n) is 11.3. The summed E-state index contributed by atoms with van der Waals surface area (Å²) in [5, 5.41) is 4.57. The first-order valence-electron chi connectivity index (χ1n) is 21.3. The number of hydrazine groups is 1. The van der Waals surface area contributed by atoms with Gasteiger partial charge in [0.1, 0.15) is 23.4 Å². The lowest BCUT2D eigenvalue weighted by molar-refractivity contribution is -0.131. The second-order valence-electron chi connectivity index (χ2n) is 15.5. The van der Waals surface area contributed by atoms with Crippen LogP contribution in [0, 0.1) is 0 Å². The standard InChI is InChI=1S/C52H54N4O7/c1-4-5-24-45(53)46(57)33-56(50(36-16-8-6-9-17-36)37-18-10-7-11-19-37)55-48(58)34-62-38-27-25-35(26-28-38)32-54-52(59)63-51(44-30-29-39(60-2)31-47(44)61-3)49-42-22-14-12-20-40(42)41-21-13-15-23-43(41)49/h6-23,25-31,45,49-51H,4-5,24,32-34,53H2,1-3H3,(H,54,59)(H,55,58)/t45-,51?/m0/s1. The van der Waals surface area contributed by atoms with Crippen molar-refractivity contribution in [3.63, 3.8) is 0 Å². The smallest absolute Gasteiger partial charge is 0.408 e. The summed E-state index contributed by atoms with van der Waals surface area (Å²) < 4.78 is 23.6. The number of benzene rings is 6. The van der Waals surface area contributed by atoms with E-state index in [0.717, 1.165) is 51.8 Å². The van der Waals surface area contributed by atoms with Gasteiger partial charge in [-0.1, -0.05) is 141 Å². The average molecular weight is 847 g/mol. The molecule has 0 aromatic heterocycles. The van der Waals surface area contributed by atoms with Crippen molar-refractivity contribution < 1.29 is 33.3 Å². The number of ketones is 1. The predicted molar refractivity (Wildman–Crippen MR) is 243 cm³/mol. The fourth-order valence-electron chi connectivity index (χ4n) is 8.15. The van der Waals surface area contributed by atoms with Gasteiger partial charge in [0.25, 0.3) is 5.91 Å². The lowest BCUT2D eigenvalue weighted by Crippen LogP contribution is -2.51. The van der Waals surface area contributed by atoms with Crippen LogP contribution < -0.4 is 30.7 Å². The third-order valence-corrected chi connectivity index (χ3v) is 11.3. The van der Waals surface area contributed by atoms with Gasteiger partial charge in [-0.15, -0.1) is 0 Å². The monoisotopic (exact) mass is 846 g/mol. The van der Waals surface area contributed by atoms with E-state index < -0.39 is 30.2 Å². The number of rotatable bonds is 20. The van der Waals surface area contributed by atoms with Crippen molar-refractivity contribution in [2.75, 3.05) is 27.4 Å². The van der Waals surface area contributed by atoms with Crippen LogP contribution in [0.25, 0.3) is 11.1 Å². The van der Waals surface area contributed by atoms with E-state index in [4.69, 9.17) is 24.7 Å². The number of nitrogens with zero attached hydrogens (tertiary/aromatic N) is 1. The Balaban J connectivity index is 1.02. The second kappa shape index (κ2) is 21.2. The number of hydrogen-bond acceptors (Lipinski definition) is 9. The first-order chi connectivity index (χ1) is 30.8. The van der Waals surface area contributed by atoms with Crippen LogP contribution in [0.3, 0.4) is 0 Å². The molecule has 11 nitrogen and oxygen atoms in total. The maximum Gasteiger partial charge on any atom is 0.408 e. The minimum Gasteiger partial charge on any atom is -0.497 e. The van der Waals surface area contributed by atoms with Crippen LogP contribution in [0.2, 0.25) is 0 Å². The van der Waals surface area contributed by atoms with E-state index in [9.17, 15) is 14.4 Å². The Labute approximate surface area is 369 Å². The summed E-state index contributed by atoms with van der Waals surface area (Å²) in [5.74, 6) is 0.714. The van der Waals surface area contributed by atoms with Gasteiger partial charge in [0.15, 0.2) is 12.4 Å². The Hall–Kier alpha value is -6.95. The fraction of sp³-hybridized carbons (Fsp3) is 0.250. The summed E-state index contributed by atoms with van der Waals surface area (Å²) in [6, 6.07) is 47.3. The summed E-state index contributed by atoms with van der Waals surface area (Å²) in [5.41, 5.74) is 16.9. The molecule has 0 heterocycles. The van der Waals surface area contributed by atoms with Crippen LogP contribution >= 0.6 is 0 Å². The molecule has 4 N–H and O–H groups in total. The molecule has 0 spiro atoms. The molecule has 0 fully saturated rings. The SMILES string of the molecule is CCCC[C@H](N)C(=O)CN(NC(=O)COc1ccc(CNC(=O)OC(c2ccc(OC)cc2OC)C2c3ccccc3-c3ccccc32)cc1)C(c1ccccc1)c1ccccc1. The van der Waals surface area contributed by atoms with Crippen molar-refractivity contribution in [2.45, 2.75) is 56.8 Å². The zero-order valence-electron chi connectivity index (χ0n) is 35.9. The summed E-state index contributed by atoms with van der Waals surface area (Å²) in [6.45, 7) is 1.83. The molecule has 2 amide bonds. The van der Waals surface area contributed by atoms with E-state index in [1.54, 1.807) is 37.4 Å². The number of carbonyl (C=O) groups excluding carboxylic acids is 3. The Morgan fingerprint density at radius 1 is 0.714 bits per heavy atom. The van der Waals surface area contributed by atoms with Crippen LogP contribution in [0.4, 0.5) is 4.79 Å². The number of alkyl carbamates (subject to hydrolysis) is 1. The number of Topliss-reactive ketones (excluding diaryl/α,β-unsaturated/α-hetero) is 1. The van der Waals surface area contributed by atoms with Crippen LogP contribution in [-0.2, 0) is 20.9 Å². The van der Waals surface area contributed by atoms with E-state index in [1.807, 2.05) is 109 Å². The van der Waals surface area contributed by atoms with Crippen LogP contribution in [0.5, 0.6) is 17.2 Å². The van der Waals surface area contributed by atoms with E-state index in [1.165, 1.54) is 0 Å². The zero-order valence-corrected chi connectivity index (χ0v) is 35.9. The number of amides is 2. The second-order valence-corrected chi connectivity index (χ2v) is 15.5. The van der Waals surface area contributed by atoms with Gasteiger partial charge in [-0.3, -0.25) is 15.0 Å². The summed E-state index contributed by atoms with van der Waals surface area (Å²) in [6.07, 6.45) is 0.986. The molecule has 1 aliphatic rings. The molecule has 2 atom stereocenters. The van der Waals surface area contributed by atoms with Crippen molar-refractivity contribution >= 4 is 17.8 Å². The van der Waals surface area contributed by atoms with Gasteiger partial charge < -0.3 is 30.0 Å². The fourth-order valence-corrected chi connectivity index (χ4v) is 8.15. The summed E-state index contributed by atoms with van der Waals surface area (Å²) in [7, 11) is 3.18. The Morgan fingerprint density at radius 2 is 1.30 bits per heavy atom. The van der Waals surface area contributed by atoms with Gasteiger partial charge in [-0.05, 0) is 69.6 Å². The number of hydrogen-bond donors (Lipinski definition) is 3. The summed E-state index contributed by atoms with van der Waals surface area (Å²) in [4.78, 5) is 40.7. The van der Waals surface area contributed by atoms with Gasteiger partial charge in [-0.25, -0.2) is 9.80 Å². The van der Waals surface area contributed by atoms with Gasteiger partial charge >= 0.3 is 6.09 Å². The Bertz CT molecular complexity index is 2380. The number of nitrogens with two attached hydrogens (primary N) is 1. The Kier molecular flexibility index (Phi) is 14.9. The molecular weight excluding hydrogens is 793 g/mol. The van der Waals surface area contributed by atoms with Crippen LogP contribution in [-0.4, -0.2) is 56.2 Å². The molecule has 1 aliphatic carbocycles. The first kappa shape index (κ1) is 44.1. The van der Waals surface area contributed by atoms with Gasteiger partial charge in [0, 0.05) is 18.2 Å². The molecule has 63 heavy (non-hydrogen) atoms. The van der Waals surface area contributed by atoms with Crippen molar-refractivity contribution in [1.29, 1.82) is 0 Å². The molecule has 0 saturated heterocycles. The van der Waals surface area contributed by atoms with Gasteiger partial charge in [0.05, 0.1) is 38.8 Å². The highest BCUT2D eigenvalue weighted by Crippen LogP contribution is 2.52. The van der Waals surface area contributed by atoms with Crippen molar-refractivity contribution in [3.05, 3.63) is 185 Å². The highest BCUT2D eigenvalue weighted by Gasteiger charge is 2.39. The highest BCUT2D eigenvalue weighted by atomic mass is 16.6. The quantitative estimate of drug-likeness (QED) is 0.0642. The van der Waals surface area contributed by atoms with E-state index >= 15 is 0 Å². The minimum atomic E-state index is -0.736. The third kappa shape index (κ3) is 10.7. The normalized spacial score (nSPS) is 12.8. The molecule has 6 aromatic rings. The number of ether oxygens (including phenoxy) is 4. The minimum absolute atomic E-state index is 0.0924. The Morgan fingerprint density at radius 3 is 1.89 bits per heavy atom. The maximum absolute atomic E-state index is 13.7. The van der Waals surface area contributed by atoms with Gasteiger partial charge in [-0.2, -0.15) is 0 Å². The van der Waals surface area contributed by atoms with Crippen molar-refractivity contribution in [1.82, 2.24) is 15.8 Å². The lowest BCUT2D eigenvalue weighted by atomic mass is 9.86. The number of fused-ring (bicyclic) bond motifs is 3. The molecule has 324 valence electrons. The molecule has 0 saturated carbocycles. The van der Waals surface area contributed by atoms with Crippen molar-refractivity contribution in [2.24, 2.45) is 5.73 Å². The lowest BCUT2D eigenvalue weighted by Gasteiger charge is -2.33. The zero-order chi connectivity index (χ0) is 44.1. The first-order valence-corrected chi connectivity index (χ1v) is 21.3. The summed E-state index contributed by atoms with van der Waals surface area (Å²) >= 11 is 0. The topological polar surface area (TPSA) is 141 Å². The number of nitrogens with one attached hydrogen (secondary N) is 2. The van der Waals surface area contributed by atoms with E-state index in [-0.39, 0.29) is 31.4 Å². The van der Waals surface area contributed by atoms with Crippen LogP contribution in [0.15, 0.2) is 152 Å². The number of unbranched alkanes of at least 4 members (excludes halogenated alkanes) is 1. The average Bonchev–Trinajstić information content (AvgIpc) is 3.66. The molecular formula is C52H54N4O7. The largest absolute Gasteiger partial charge is 0.497 e. The van der Waals surface area contributed by atoms with Gasteiger partial charge in [0.2, 0.25) is 0 Å². The number of methoxy groups -OCH3 is 2. The molecule has 0 bridgehead atoms. The molecule has 1 unspecified atom stereocenters. The van der Waals surface area contributed by atoms with E-state index in [2.05, 4.69) is 41.9 Å². The number of carbonyl (C=O) groups is 3. The molecule has 6 aromatic carbocycles. The van der Waals surface area contributed by atoms with Crippen LogP contribution in [0.1, 0.15) is 77.6 Å². The predicted octanol–water partition coefficient (Wildman–Crippen LogP) is 9.07. The molecule has 0 aliphatic heterocycles. The molecule has 0 radical (unpaired) electrons. The van der Waals surface area contributed by atoms with Crippen molar-refractivity contribution in [3.8, 4) is 28.4 Å². The molecule has 7 rings (SSSR count). The van der Waals surface area contributed by atoms with E-state index in [0.29, 0.717) is 29.2 Å².